The SMILES string of the molecule is CC1(C)OB(CC/C=C/c2cccs2)OC1(C)C. The Morgan fingerprint density at radius 1 is 1.22 bits per heavy atom. The number of hydrogen-bond acceptors (Lipinski definition) is 3. The van der Waals surface area contributed by atoms with Crippen molar-refractivity contribution < 1.29 is 9.31 Å². The minimum Gasteiger partial charge on any atom is -0.403 e. The molecule has 1 aliphatic rings. The molecule has 0 atom stereocenters. The largest absolute Gasteiger partial charge is 0.458 e. The fourth-order valence-corrected chi connectivity index (χ4v) is 2.55. The molecule has 1 aromatic rings. The number of allylic oxidation sites excluding steroid dienone is 1. The van der Waals surface area contributed by atoms with Crippen LogP contribution >= 0.6 is 11.3 Å². The Hall–Kier alpha value is -0.575. The minimum atomic E-state index is -0.213. The van der Waals surface area contributed by atoms with Crippen LogP contribution in [0.25, 0.3) is 6.08 Å². The predicted octanol–water partition coefficient (Wildman–Crippen LogP) is 4.24. The topological polar surface area (TPSA) is 18.5 Å². The lowest BCUT2D eigenvalue weighted by Gasteiger charge is -2.32. The van der Waals surface area contributed by atoms with Gasteiger partial charge in [-0.25, -0.2) is 0 Å². The van der Waals surface area contributed by atoms with Crippen LogP contribution in [-0.2, 0) is 9.31 Å². The Kier molecular flexibility index (Phi) is 4.00. The second kappa shape index (κ2) is 5.20. The lowest BCUT2D eigenvalue weighted by molar-refractivity contribution is 0.00578. The summed E-state index contributed by atoms with van der Waals surface area (Å²) in [5.74, 6) is 0. The van der Waals surface area contributed by atoms with E-state index in [9.17, 15) is 0 Å². The van der Waals surface area contributed by atoms with Gasteiger partial charge in [0.2, 0.25) is 0 Å². The van der Waals surface area contributed by atoms with E-state index in [1.54, 1.807) is 11.3 Å². The summed E-state index contributed by atoms with van der Waals surface area (Å²) in [5.41, 5.74) is -0.426. The molecule has 2 rings (SSSR count). The first-order valence-corrected chi connectivity index (χ1v) is 7.34. The molecular formula is C14H21BO2S. The second-order valence-corrected chi connectivity index (χ2v) is 6.66. The molecule has 1 fully saturated rings. The Labute approximate surface area is 114 Å². The summed E-state index contributed by atoms with van der Waals surface area (Å²) in [6.07, 6.45) is 6.25. The van der Waals surface area contributed by atoms with Gasteiger partial charge in [0.1, 0.15) is 0 Å². The number of thiophene rings is 1. The van der Waals surface area contributed by atoms with Gasteiger partial charge < -0.3 is 9.31 Å². The number of rotatable bonds is 4. The first kappa shape index (κ1) is 13.8. The quantitative estimate of drug-likeness (QED) is 0.757. The van der Waals surface area contributed by atoms with Crippen molar-refractivity contribution in [2.45, 2.75) is 51.6 Å². The molecule has 0 spiro atoms. The molecule has 0 unspecified atom stereocenters. The maximum Gasteiger partial charge on any atom is 0.458 e. The summed E-state index contributed by atoms with van der Waals surface area (Å²) in [5, 5.41) is 2.09. The predicted molar refractivity (Wildman–Crippen MR) is 78.9 cm³/mol. The van der Waals surface area contributed by atoms with Crippen LogP contribution in [0.2, 0.25) is 6.32 Å². The maximum atomic E-state index is 5.95. The van der Waals surface area contributed by atoms with Gasteiger partial charge in [0.15, 0.2) is 0 Å². The van der Waals surface area contributed by atoms with Gasteiger partial charge in [-0.2, -0.15) is 0 Å². The molecule has 1 aliphatic heterocycles. The van der Waals surface area contributed by atoms with Crippen LogP contribution in [-0.4, -0.2) is 18.3 Å². The summed E-state index contributed by atoms with van der Waals surface area (Å²) in [7, 11) is -0.0806. The first-order chi connectivity index (χ1) is 8.41. The highest BCUT2D eigenvalue weighted by atomic mass is 32.1. The molecule has 0 saturated carbocycles. The summed E-state index contributed by atoms with van der Waals surface area (Å²) < 4.78 is 11.9. The maximum absolute atomic E-state index is 5.95. The average Bonchev–Trinajstić information content (AvgIpc) is 2.81. The zero-order valence-electron chi connectivity index (χ0n) is 11.6. The van der Waals surface area contributed by atoms with Crippen molar-refractivity contribution in [1.82, 2.24) is 0 Å². The van der Waals surface area contributed by atoms with Gasteiger partial charge in [0, 0.05) is 4.88 Å². The molecule has 4 heteroatoms. The molecule has 0 bridgehead atoms. The van der Waals surface area contributed by atoms with Crippen LogP contribution in [0.3, 0.4) is 0 Å². The summed E-state index contributed by atoms with van der Waals surface area (Å²) in [6, 6.07) is 4.19. The van der Waals surface area contributed by atoms with Gasteiger partial charge in [-0.1, -0.05) is 12.1 Å². The van der Waals surface area contributed by atoms with Crippen molar-refractivity contribution in [2.75, 3.05) is 0 Å². The van der Waals surface area contributed by atoms with Gasteiger partial charge in [0.05, 0.1) is 11.2 Å². The molecule has 2 nitrogen and oxygen atoms in total. The van der Waals surface area contributed by atoms with E-state index in [1.165, 1.54) is 4.88 Å². The molecule has 2 heterocycles. The Morgan fingerprint density at radius 2 is 1.89 bits per heavy atom. The fraction of sp³-hybridized carbons (Fsp3) is 0.571. The van der Waals surface area contributed by atoms with E-state index in [-0.39, 0.29) is 18.3 Å². The van der Waals surface area contributed by atoms with Crippen molar-refractivity contribution >= 4 is 24.5 Å². The third-order valence-corrected chi connectivity index (χ3v) is 4.53. The van der Waals surface area contributed by atoms with Crippen LogP contribution in [0.5, 0.6) is 0 Å². The third-order valence-electron chi connectivity index (χ3n) is 3.70. The van der Waals surface area contributed by atoms with Crippen molar-refractivity contribution in [3.8, 4) is 0 Å². The smallest absolute Gasteiger partial charge is 0.403 e. The van der Waals surface area contributed by atoms with Crippen molar-refractivity contribution in [3.05, 3.63) is 28.5 Å². The van der Waals surface area contributed by atoms with Crippen LogP contribution in [0.15, 0.2) is 23.6 Å². The zero-order chi connectivity index (χ0) is 13.2. The summed E-state index contributed by atoms with van der Waals surface area (Å²) >= 11 is 1.76. The molecule has 0 aromatic carbocycles. The molecule has 98 valence electrons. The standard InChI is InChI=1S/C14H21BO2S/c1-13(2)14(3,4)17-15(16-13)10-6-5-8-12-9-7-11-18-12/h5,7-9,11H,6,10H2,1-4H3/b8-5+. The van der Waals surface area contributed by atoms with Crippen LogP contribution in [0.4, 0.5) is 0 Å². The molecule has 0 aliphatic carbocycles. The van der Waals surface area contributed by atoms with Crippen molar-refractivity contribution in [1.29, 1.82) is 0 Å². The van der Waals surface area contributed by atoms with Gasteiger partial charge in [-0.15, -0.1) is 11.3 Å². The molecule has 0 radical (unpaired) electrons. The molecule has 0 N–H and O–H groups in total. The lowest BCUT2D eigenvalue weighted by atomic mass is 9.83. The fourth-order valence-electron chi connectivity index (χ4n) is 1.90. The van der Waals surface area contributed by atoms with E-state index in [0.717, 1.165) is 12.7 Å². The first-order valence-electron chi connectivity index (χ1n) is 6.46. The Bertz CT molecular complexity index is 393. The highest BCUT2D eigenvalue weighted by Gasteiger charge is 2.50. The van der Waals surface area contributed by atoms with Gasteiger partial charge in [-0.3, -0.25) is 0 Å². The second-order valence-electron chi connectivity index (χ2n) is 5.68. The summed E-state index contributed by atoms with van der Waals surface area (Å²) in [4.78, 5) is 1.30. The van der Waals surface area contributed by atoms with Crippen LogP contribution < -0.4 is 0 Å². The van der Waals surface area contributed by atoms with Gasteiger partial charge in [-0.05, 0) is 58.0 Å². The van der Waals surface area contributed by atoms with Gasteiger partial charge in [0.25, 0.3) is 0 Å². The van der Waals surface area contributed by atoms with Crippen molar-refractivity contribution in [3.63, 3.8) is 0 Å². The van der Waals surface area contributed by atoms with E-state index in [4.69, 9.17) is 9.31 Å². The molecule has 0 amide bonds. The lowest BCUT2D eigenvalue weighted by Crippen LogP contribution is -2.41. The van der Waals surface area contributed by atoms with Crippen molar-refractivity contribution in [2.24, 2.45) is 0 Å². The summed E-state index contributed by atoms with van der Waals surface area (Å²) in [6.45, 7) is 8.37. The van der Waals surface area contributed by atoms with E-state index in [1.807, 2.05) is 0 Å². The third kappa shape index (κ3) is 3.05. The highest BCUT2D eigenvalue weighted by molar-refractivity contribution is 7.10. The van der Waals surface area contributed by atoms with E-state index in [0.29, 0.717) is 0 Å². The van der Waals surface area contributed by atoms with E-state index < -0.39 is 0 Å². The normalized spacial score (nSPS) is 21.9. The van der Waals surface area contributed by atoms with E-state index in [2.05, 4.69) is 57.4 Å². The molecule has 1 aromatic heterocycles. The van der Waals surface area contributed by atoms with E-state index >= 15 is 0 Å². The Balaban J connectivity index is 1.79. The van der Waals surface area contributed by atoms with Crippen LogP contribution in [0, 0.1) is 0 Å². The minimum absolute atomic E-state index is 0.0806. The average molecular weight is 264 g/mol. The molecule has 18 heavy (non-hydrogen) atoms. The zero-order valence-corrected chi connectivity index (χ0v) is 12.4. The number of hydrogen-bond donors (Lipinski definition) is 0. The van der Waals surface area contributed by atoms with Crippen LogP contribution in [0.1, 0.15) is 39.0 Å². The Morgan fingerprint density at radius 3 is 2.44 bits per heavy atom. The molecule has 1 saturated heterocycles. The van der Waals surface area contributed by atoms with Gasteiger partial charge >= 0.3 is 7.12 Å². The molecular weight excluding hydrogens is 243 g/mol. The monoisotopic (exact) mass is 264 g/mol. The highest BCUT2D eigenvalue weighted by Crippen LogP contribution is 2.37.